The molecule has 0 amide bonds. The van der Waals surface area contributed by atoms with Gasteiger partial charge in [-0.3, -0.25) is 4.79 Å². The Morgan fingerprint density at radius 2 is 1.74 bits per heavy atom. The van der Waals surface area contributed by atoms with Gasteiger partial charge in [0.25, 0.3) is 0 Å². The molecule has 0 unspecified atom stereocenters. The van der Waals surface area contributed by atoms with E-state index in [1.54, 1.807) is 19.2 Å². The largest absolute Gasteiger partial charge is 0.508 e. The first-order valence-corrected chi connectivity index (χ1v) is 13.2. The molecule has 3 saturated carbocycles. The van der Waals surface area contributed by atoms with Crippen molar-refractivity contribution in [3.8, 4) is 16.9 Å². The lowest BCUT2D eigenvalue weighted by molar-refractivity contribution is -0.258. The van der Waals surface area contributed by atoms with Crippen LogP contribution in [0.4, 0.5) is 0 Å². The van der Waals surface area contributed by atoms with Crippen LogP contribution in [0.15, 0.2) is 60.7 Å². The molecule has 0 radical (unpaired) electrons. The Labute approximate surface area is 209 Å². The van der Waals surface area contributed by atoms with Crippen molar-refractivity contribution >= 4 is 5.78 Å². The van der Waals surface area contributed by atoms with Crippen molar-refractivity contribution in [2.75, 3.05) is 7.11 Å². The minimum atomic E-state index is -1.48. The van der Waals surface area contributed by atoms with E-state index in [1.165, 1.54) is 19.3 Å². The number of benzene rings is 2. The van der Waals surface area contributed by atoms with E-state index in [4.69, 9.17) is 4.74 Å². The summed E-state index contributed by atoms with van der Waals surface area (Å²) in [7, 11) is 1.55. The minimum Gasteiger partial charge on any atom is -0.508 e. The maximum absolute atomic E-state index is 14.3. The van der Waals surface area contributed by atoms with Crippen LogP contribution in [0.1, 0.15) is 63.9 Å². The lowest BCUT2D eigenvalue weighted by atomic mass is 9.51. The van der Waals surface area contributed by atoms with Gasteiger partial charge in [0, 0.05) is 24.9 Å². The molecule has 0 heterocycles. The Hall–Kier alpha value is -2.43. The van der Waals surface area contributed by atoms with Gasteiger partial charge in [-0.2, -0.15) is 0 Å². The van der Waals surface area contributed by atoms with Crippen LogP contribution in [0, 0.1) is 22.7 Å². The van der Waals surface area contributed by atoms with Crippen molar-refractivity contribution in [3.05, 3.63) is 66.2 Å². The second-order valence-electron chi connectivity index (χ2n) is 11.1. The molecule has 2 bridgehead atoms. The molecule has 3 fully saturated rings. The minimum absolute atomic E-state index is 0.110. The maximum Gasteiger partial charge on any atom is 0.185 e. The summed E-state index contributed by atoms with van der Waals surface area (Å²) in [6, 6.07) is 15.4. The fourth-order valence-electron chi connectivity index (χ4n) is 8.01. The zero-order valence-corrected chi connectivity index (χ0v) is 21.1. The standard InChI is InChI=1S/C31H38O4/c1-21-27-17-18-30(31(27,34)35-3,29(21,2)25-12-5-4-6-13-25)28(33)16-15-22-9-7-10-23(19-22)24-11-8-14-26(32)20-24/h7-11,14,19-20,25,27,32,34H,1,4-6,12-13,15-18H2,2-3H3/t27-,29+,30-,31-/m1/s1. The number of aromatic hydroxyl groups is 1. The zero-order valence-electron chi connectivity index (χ0n) is 21.1. The molecule has 2 aromatic rings. The first kappa shape index (κ1) is 24.3. The second-order valence-corrected chi connectivity index (χ2v) is 11.1. The van der Waals surface area contributed by atoms with Crippen molar-refractivity contribution in [1.29, 1.82) is 0 Å². The lowest BCUT2D eigenvalue weighted by Gasteiger charge is -2.52. The summed E-state index contributed by atoms with van der Waals surface area (Å²) in [5.74, 6) is -0.957. The van der Waals surface area contributed by atoms with Crippen LogP contribution < -0.4 is 0 Å². The molecule has 0 saturated heterocycles. The number of methoxy groups -OCH3 is 1. The highest BCUT2D eigenvalue weighted by Crippen LogP contribution is 2.75. The molecule has 35 heavy (non-hydrogen) atoms. The number of ketones is 1. The average Bonchev–Trinajstić information content (AvgIpc) is 3.27. The molecule has 2 aromatic carbocycles. The van der Waals surface area contributed by atoms with Gasteiger partial charge in [-0.1, -0.05) is 74.7 Å². The zero-order chi connectivity index (χ0) is 24.8. The smallest absolute Gasteiger partial charge is 0.185 e. The molecule has 4 atom stereocenters. The number of phenols is 1. The molecular formula is C31H38O4. The van der Waals surface area contributed by atoms with Gasteiger partial charge >= 0.3 is 0 Å². The van der Waals surface area contributed by atoms with E-state index in [-0.39, 0.29) is 17.5 Å². The predicted octanol–water partition coefficient (Wildman–Crippen LogP) is 6.45. The second kappa shape index (κ2) is 8.90. The third-order valence-corrected chi connectivity index (χ3v) is 9.82. The molecule has 0 aromatic heterocycles. The number of fused-ring (bicyclic) bond motifs is 2. The number of carbonyl (C=O) groups excluding carboxylic acids is 1. The Bertz CT molecular complexity index is 1130. The van der Waals surface area contributed by atoms with Gasteiger partial charge in [0.2, 0.25) is 0 Å². The maximum atomic E-state index is 14.3. The fourth-order valence-corrected chi connectivity index (χ4v) is 8.01. The van der Waals surface area contributed by atoms with Gasteiger partial charge in [-0.15, -0.1) is 0 Å². The summed E-state index contributed by atoms with van der Waals surface area (Å²) >= 11 is 0. The van der Waals surface area contributed by atoms with Crippen molar-refractivity contribution in [2.45, 2.75) is 70.5 Å². The van der Waals surface area contributed by atoms with Crippen molar-refractivity contribution in [1.82, 2.24) is 0 Å². The lowest BCUT2D eigenvalue weighted by Crippen LogP contribution is -2.58. The Kier molecular flexibility index (Phi) is 6.17. The van der Waals surface area contributed by atoms with Crippen LogP contribution in [0.25, 0.3) is 11.1 Å². The highest BCUT2D eigenvalue weighted by Gasteiger charge is 2.79. The number of ether oxygens (including phenoxy) is 1. The summed E-state index contributed by atoms with van der Waals surface area (Å²) in [6.45, 7) is 6.70. The fraction of sp³-hybridized carbons (Fsp3) is 0.516. The number of aryl methyl sites for hydroxylation is 1. The van der Waals surface area contributed by atoms with Gasteiger partial charge in [0.15, 0.2) is 5.79 Å². The van der Waals surface area contributed by atoms with Crippen LogP contribution in [0.2, 0.25) is 0 Å². The molecule has 4 nitrogen and oxygen atoms in total. The SMILES string of the molecule is C=C1[C@H]2CC[C@@](C(=O)CCc3cccc(-c4cccc(O)c4)c3)([C@]1(C)C1CCCCC1)[C@]2(O)OC. The highest BCUT2D eigenvalue weighted by atomic mass is 16.6. The summed E-state index contributed by atoms with van der Waals surface area (Å²) in [4.78, 5) is 14.3. The first-order chi connectivity index (χ1) is 16.8. The summed E-state index contributed by atoms with van der Waals surface area (Å²) in [5.41, 5.74) is 2.67. The van der Waals surface area contributed by atoms with Crippen LogP contribution >= 0.6 is 0 Å². The van der Waals surface area contributed by atoms with Crippen LogP contribution in [0.3, 0.4) is 0 Å². The molecular weight excluding hydrogens is 436 g/mol. The number of carbonyl (C=O) groups is 1. The van der Waals surface area contributed by atoms with Crippen LogP contribution in [-0.2, 0) is 16.0 Å². The Balaban J connectivity index is 1.44. The first-order valence-electron chi connectivity index (χ1n) is 13.2. The Morgan fingerprint density at radius 3 is 2.43 bits per heavy atom. The quantitative estimate of drug-likeness (QED) is 0.358. The number of aliphatic hydroxyl groups is 1. The molecule has 0 spiro atoms. The van der Waals surface area contributed by atoms with Gasteiger partial charge < -0.3 is 14.9 Å². The van der Waals surface area contributed by atoms with Gasteiger partial charge in [0.1, 0.15) is 11.5 Å². The Morgan fingerprint density at radius 1 is 1.06 bits per heavy atom. The normalized spacial score (nSPS) is 32.8. The van der Waals surface area contributed by atoms with E-state index in [0.717, 1.165) is 41.5 Å². The molecule has 0 aliphatic heterocycles. The van der Waals surface area contributed by atoms with Gasteiger partial charge in [-0.05, 0) is 66.8 Å². The molecule has 3 aliphatic carbocycles. The van der Waals surface area contributed by atoms with Crippen LogP contribution in [-0.4, -0.2) is 28.9 Å². The monoisotopic (exact) mass is 474 g/mol. The highest BCUT2D eigenvalue weighted by molar-refractivity contribution is 5.89. The average molecular weight is 475 g/mol. The molecule has 186 valence electrons. The number of hydrogen-bond acceptors (Lipinski definition) is 4. The number of hydrogen-bond donors (Lipinski definition) is 2. The van der Waals surface area contributed by atoms with E-state index in [2.05, 4.69) is 19.6 Å². The van der Waals surface area contributed by atoms with Crippen molar-refractivity contribution < 1.29 is 19.7 Å². The number of Topliss-reactive ketones (excluding diaryl/α,β-unsaturated/α-hetero) is 1. The summed E-state index contributed by atoms with van der Waals surface area (Å²) in [6.07, 6.45) is 8.15. The van der Waals surface area contributed by atoms with Crippen molar-refractivity contribution in [2.24, 2.45) is 22.7 Å². The molecule has 2 N–H and O–H groups in total. The van der Waals surface area contributed by atoms with Crippen LogP contribution in [0.5, 0.6) is 5.75 Å². The molecule has 5 rings (SSSR count). The van der Waals surface area contributed by atoms with E-state index < -0.39 is 16.6 Å². The van der Waals surface area contributed by atoms with Gasteiger partial charge in [0.05, 0.1) is 5.41 Å². The molecule has 3 aliphatic rings. The molecule has 4 heteroatoms. The third kappa shape index (κ3) is 3.44. The van der Waals surface area contributed by atoms with E-state index in [0.29, 0.717) is 25.2 Å². The third-order valence-electron chi connectivity index (χ3n) is 9.82. The van der Waals surface area contributed by atoms with Gasteiger partial charge in [-0.25, -0.2) is 0 Å². The summed E-state index contributed by atoms with van der Waals surface area (Å²) in [5, 5.41) is 21.8. The number of phenolic OH excluding ortho intramolecular Hbond substituents is 1. The number of rotatable bonds is 7. The van der Waals surface area contributed by atoms with E-state index in [9.17, 15) is 15.0 Å². The van der Waals surface area contributed by atoms with E-state index in [1.807, 2.05) is 30.3 Å². The summed E-state index contributed by atoms with van der Waals surface area (Å²) < 4.78 is 5.86. The van der Waals surface area contributed by atoms with E-state index >= 15 is 0 Å². The topological polar surface area (TPSA) is 66.8 Å². The predicted molar refractivity (Wildman–Crippen MR) is 138 cm³/mol. The van der Waals surface area contributed by atoms with Crippen molar-refractivity contribution in [3.63, 3.8) is 0 Å².